The zero-order chi connectivity index (χ0) is 12.1. The fraction of sp³-hybridized carbons (Fsp3) is 0.833. The zero-order valence-electron chi connectivity index (χ0n) is 10.8. The van der Waals surface area contributed by atoms with Gasteiger partial charge in [-0.2, -0.15) is 0 Å². The van der Waals surface area contributed by atoms with E-state index in [2.05, 4.69) is 25.8 Å². The molecule has 0 unspecified atom stereocenters. The Balaban J connectivity index is 3.82. The Labute approximate surface area is 92.9 Å². The van der Waals surface area contributed by atoms with E-state index in [1.54, 1.807) is 6.21 Å². The highest BCUT2D eigenvalue weighted by Gasteiger charge is 2.15. The molecule has 0 spiro atoms. The lowest BCUT2D eigenvalue weighted by Gasteiger charge is -2.18. The number of nitrogens with zero attached hydrogens (tertiary/aromatic N) is 1. The second-order valence-electron chi connectivity index (χ2n) is 5.87. The van der Waals surface area contributed by atoms with Gasteiger partial charge in [0.25, 0.3) is 0 Å². The number of esters is 1. The number of hydrogen-bond acceptors (Lipinski definition) is 3. The van der Waals surface area contributed by atoms with Crippen LogP contribution in [0.5, 0.6) is 0 Å². The molecular weight excluding hydrogens is 190 g/mol. The van der Waals surface area contributed by atoms with E-state index in [4.69, 9.17) is 4.74 Å². The van der Waals surface area contributed by atoms with E-state index in [1.165, 1.54) is 0 Å². The molecule has 0 heterocycles. The van der Waals surface area contributed by atoms with Crippen molar-refractivity contribution in [3.8, 4) is 0 Å². The van der Waals surface area contributed by atoms with Crippen LogP contribution in [-0.2, 0) is 9.53 Å². The van der Waals surface area contributed by atoms with Crippen molar-refractivity contribution < 1.29 is 9.53 Å². The van der Waals surface area contributed by atoms with Gasteiger partial charge in [-0.3, -0.25) is 9.79 Å². The molecule has 0 fully saturated rings. The molecular formula is C12H23NO2. The van der Waals surface area contributed by atoms with Gasteiger partial charge in [0.05, 0.1) is 0 Å². The first kappa shape index (κ1) is 14.1. The van der Waals surface area contributed by atoms with E-state index in [9.17, 15) is 4.79 Å². The normalized spacial score (nSPS) is 13.2. The maximum absolute atomic E-state index is 11.2. The summed E-state index contributed by atoms with van der Waals surface area (Å²) in [6.45, 7) is 12.1. The summed E-state index contributed by atoms with van der Waals surface area (Å²) in [4.78, 5) is 15.3. The zero-order valence-corrected chi connectivity index (χ0v) is 10.8. The molecule has 0 aliphatic heterocycles. The third kappa shape index (κ3) is 11.1. The van der Waals surface area contributed by atoms with Gasteiger partial charge in [-0.15, -0.1) is 0 Å². The fourth-order valence-corrected chi connectivity index (χ4v) is 0.851. The summed E-state index contributed by atoms with van der Waals surface area (Å²) in [5.41, 5.74) is -0.200. The van der Waals surface area contributed by atoms with Crippen LogP contribution in [0.4, 0.5) is 0 Å². The highest BCUT2D eigenvalue weighted by atomic mass is 16.6. The molecule has 0 aliphatic rings. The lowest BCUT2D eigenvalue weighted by atomic mass is 9.93. The molecule has 88 valence electrons. The lowest BCUT2D eigenvalue weighted by molar-refractivity contribution is -0.152. The van der Waals surface area contributed by atoms with Crippen LogP contribution in [0.2, 0.25) is 0 Å². The molecule has 3 heteroatoms. The smallest absolute Gasteiger partial charge is 0.328 e. The number of ether oxygens (including phenoxy) is 1. The van der Waals surface area contributed by atoms with E-state index in [0.29, 0.717) is 0 Å². The molecule has 0 saturated heterocycles. The van der Waals surface area contributed by atoms with Gasteiger partial charge in [0.1, 0.15) is 12.1 Å². The van der Waals surface area contributed by atoms with Crippen molar-refractivity contribution >= 4 is 12.2 Å². The molecule has 0 N–H and O–H groups in total. The highest BCUT2D eigenvalue weighted by Crippen LogP contribution is 2.16. The average molecular weight is 213 g/mol. The van der Waals surface area contributed by atoms with Crippen molar-refractivity contribution in [2.75, 3.05) is 6.54 Å². The van der Waals surface area contributed by atoms with Crippen LogP contribution in [0.1, 0.15) is 48.0 Å². The molecule has 0 aliphatic carbocycles. The van der Waals surface area contributed by atoms with Crippen molar-refractivity contribution in [1.29, 1.82) is 0 Å². The average Bonchev–Trinajstić information content (AvgIpc) is 1.92. The summed E-state index contributed by atoms with van der Waals surface area (Å²) in [5, 5.41) is 0. The minimum absolute atomic E-state index is 0.118. The first-order chi connectivity index (χ1) is 6.60. The Kier molecular flexibility index (Phi) is 4.98. The monoisotopic (exact) mass is 213 g/mol. The molecule has 0 aromatic rings. The maximum atomic E-state index is 11.2. The molecule has 0 aromatic carbocycles. The minimum atomic E-state index is -0.420. The van der Waals surface area contributed by atoms with Gasteiger partial charge in [-0.05, 0) is 38.8 Å². The Morgan fingerprint density at radius 3 is 2.13 bits per heavy atom. The molecule has 0 saturated carbocycles. The fourth-order valence-electron chi connectivity index (χ4n) is 0.851. The third-order valence-corrected chi connectivity index (χ3v) is 1.47. The third-order valence-electron chi connectivity index (χ3n) is 1.47. The Morgan fingerprint density at radius 1 is 1.20 bits per heavy atom. The number of aliphatic imine (C=N–C) groups is 1. The van der Waals surface area contributed by atoms with E-state index in [-0.39, 0.29) is 17.9 Å². The molecule has 0 aromatic heterocycles. The van der Waals surface area contributed by atoms with E-state index in [1.807, 2.05) is 20.8 Å². The van der Waals surface area contributed by atoms with Gasteiger partial charge in [0, 0.05) is 0 Å². The Morgan fingerprint density at radius 2 is 1.73 bits per heavy atom. The standard InChI is InChI=1S/C12H23NO2/c1-11(2,3)7-8-13-9-10(14)15-12(4,5)6/h8H,7,9H2,1-6H3/b13-8-. The van der Waals surface area contributed by atoms with Crippen molar-refractivity contribution in [2.24, 2.45) is 10.4 Å². The molecule has 0 bridgehead atoms. The first-order valence-electron chi connectivity index (χ1n) is 5.30. The second kappa shape index (κ2) is 5.29. The van der Waals surface area contributed by atoms with Crippen molar-refractivity contribution in [3.05, 3.63) is 0 Å². The van der Waals surface area contributed by atoms with E-state index < -0.39 is 5.60 Å². The summed E-state index contributed by atoms with van der Waals surface area (Å²) in [5.74, 6) is -0.271. The summed E-state index contributed by atoms with van der Waals surface area (Å²) in [7, 11) is 0. The van der Waals surface area contributed by atoms with Crippen LogP contribution < -0.4 is 0 Å². The van der Waals surface area contributed by atoms with Crippen LogP contribution in [-0.4, -0.2) is 24.3 Å². The predicted molar refractivity (Wildman–Crippen MR) is 63.3 cm³/mol. The number of hydrogen-bond donors (Lipinski definition) is 0. The van der Waals surface area contributed by atoms with Crippen LogP contribution in [0.15, 0.2) is 4.99 Å². The van der Waals surface area contributed by atoms with Gasteiger partial charge in [-0.25, -0.2) is 0 Å². The van der Waals surface area contributed by atoms with Crippen molar-refractivity contribution in [1.82, 2.24) is 0 Å². The van der Waals surface area contributed by atoms with Crippen LogP contribution in [0, 0.1) is 5.41 Å². The predicted octanol–water partition coefficient (Wildman–Crippen LogP) is 2.84. The second-order valence-corrected chi connectivity index (χ2v) is 5.87. The first-order valence-corrected chi connectivity index (χ1v) is 5.30. The summed E-state index contributed by atoms with van der Waals surface area (Å²) >= 11 is 0. The van der Waals surface area contributed by atoms with Crippen molar-refractivity contribution in [2.45, 2.75) is 53.6 Å². The maximum Gasteiger partial charge on any atom is 0.328 e. The number of carbonyl (C=O) groups excluding carboxylic acids is 1. The van der Waals surface area contributed by atoms with Crippen molar-refractivity contribution in [3.63, 3.8) is 0 Å². The van der Waals surface area contributed by atoms with Crippen LogP contribution in [0.3, 0.4) is 0 Å². The Hall–Kier alpha value is -0.860. The quantitative estimate of drug-likeness (QED) is 0.534. The van der Waals surface area contributed by atoms with Gasteiger partial charge in [0.15, 0.2) is 0 Å². The number of carbonyl (C=O) groups is 1. The van der Waals surface area contributed by atoms with Gasteiger partial charge in [0.2, 0.25) is 0 Å². The SMILES string of the molecule is CC(C)(C)C/C=N\CC(=O)OC(C)(C)C. The topological polar surface area (TPSA) is 38.7 Å². The van der Waals surface area contributed by atoms with Crippen LogP contribution >= 0.6 is 0 Å². The molecule has 0 amide bonds. The summed E-state index contributed by atoms with van der Waals surface area (Å²) in [6, 6.07) is 0. The van der Waals surface area contributed by atoms with Gasteiger partial charge in [-0.1, -0.05) is 20.8 Å². The molecule has 3 nitrogen and oxygen atoms in total. The summed E-state index contributed by atoms with van der Waals surface area (Å²) in [6.07, 6.45) is 2.67. The van der Waals surface area contributed by atoms with E-state index >= 15 is 0 Å². The molecule has 15 heavy (non-hydrogen) atoms. The van der Waals surface area contributed by atoms with Gasteiger partial charge < -0.3 is 4.74 Å². The Bertz CT molecular complexity index is 231. The molecule has 0 atom stereocenters. The lowest BCUT2D eigenvalue weighted by Crippen LogP contribution is -2.25. The highest BCUT2D eigenvalue weighted by molar-refractivity contribution is 5.74. The summed E-state index contributed by atoms with van der Waals surface area (Å²) < 4.78 is 5.12. The van der Waals surface area contributed by atoms with E-state index in [0.717, 1.165) is 6.42 Å². The molecule has 0 radical (unpaired) electrons. The van der Waals surface area contributed by atoms with Gasteiger partial charge >= 0.3 is 5.97 Å². The largest absolute Gasteiger partial charge is 0.459 e. The number of rotatable bonds is 3. The molecule has 0 rings (SSSR count). The van der Waals surface area contributed by atoms with Crippen LogP contribution in [0.25, 0.3) is 0 Å². The minimum Gasteiger partial charge on any atom is -0.459 e.